The summed E-state index contributed by atoms with van der Waals surface area (Å²) in [5.41, 5.74) is 9.09. The van der Waals surface area contributed by atoms with Gasteiger partial charge in [-0.2, -0.15) is 0 Å². The minimum Gasteiger partial charge on any atom is -0.497 e. The molecule has 2 aromatic heterocycles. The van der Waals surface area contributed by atoms with Crippen LogP contribution >= 0.6 is 0 Å². The number of carbonyl (C=O) groups is 1. The van der Waals surface area contributed by atoms with E-state index in [1.807, 2.05) is 19.1 Å². The number of nitrogens with zero attached hydrogens (tertiary/aromatic N) is 2. The molecular weight excluding hydrogens is 384 g/mol. The fourth-order valence-electron chi connectivity index (χ4n) is 4.85. The molecule has 0 aliphatic carbocycles. The first kappa shape index (κ1) is 19.7. The monoisotopic (exact) mass is 412 g/mol. The lowest BCUT2D eigenvalue weighted by atomic mass is 9.96. The second-order valence-corrected chi connectivity index (χ2v) is 8.39. The van der Waals surface area contributed by atoms with Crippen molar-refractivity contribution in [2.45, 2.75) is 46.1 Å². The highest BCUT2D eigenvalue weighted by molar-refractivity contribution is 6.04. The maximum absolute atomic E-state index is 13.2. The molecule has 0 saturated heterocycles. The SMILES string of the molecule is CCC(=O)c1c(-c2ccc(OC)cc2)c2c3n(c(-c4ccc(C)cc4)cn13)CCCC2. The molecule has 0 N–H and O–H groups in total. The van der Waals surface area contributed by atoms with Gasteiger partial charge in [-0.25, -0.2) is 0 Å². The zero-order chi connectivity index (χ0) is 21.5. The maximum atomic E-state index is 13.2. The fourth-order valence-corrected chi connectivity index (χ4v) is 4.85. The molecule has 0 amide bonds. The summed E-state index contributed by atoms with van der Waals surface area (Å²) < 4.78 is 9.94. The molecule has 1 aliphatic rings. The Morgan fingerprint density at radius 3 is 2.39 bits per heavy atom. The van der Waals surface area contributed by atoms with Crippen molar-refractivity contribution < 1.29 is 9.53 Å². The summed E-state index contributed by atoms with van der Waals surface area (Å²) in [7, 11) is 1.68. The number of ether oxygens (including phenoxy) is 1. The van der Waals surface area contributed by atoms with E-state index < -0.39 is 0 Å². The standard InChI is InChI=1S/C27H28N2O2/c1-4-24(30)26-25(20-12-14-21(31-3)15-13-20)22-7-5-6-16-28-23(17-29(26)27(22)28)19-10-8-18(2)9-11-19/h8-15,17H,4-7,16H2,1-3H3. The minimum atomic E-state index is 0.181. The molecule has 0 unspecified atom stereocenters. The second-order valence-electron chi connectivity index (χ2n) is 8.39. The van der Waals surface area contributed by atoms with Gasteiger partial charge in [0.2, 0.25) is 0 Å². The summed E-state index contributed by atoms with van der Waals surface area (Å²) in [6.07, 6.45) is 5.90. The highest BCUT2D eigenvalue weighted by atomic mass is 16.5. The highest BCUT2D eigenvalue weighted by Crippen LogP contribution is 2.40. The predicted octanol–water partition coefficient (Wildman–Crippen LogP) is 6.32. The smallest absolute Gasteiger partial charge is 0.179 e. The molecule has 2 aromatic carbocycles. The lowest BCUT2D eigenvalue weighted by Crippen LogP contribution is -2.03. The number of aromatic nitrogens is 2. The van der Waals surface area contributed by atoms with Crippen molar-refractivity contribution in [2.75, 3.05) is 7.11 Å². The first-order valence-electron chi connectivity index (χ1n) is 11.1. The Hall–Kier alpha value is -3.27. The second kappa shape index (κ2) is 7.77. The van der Waals surface area contributed by atoms with Crippen LogP contribution in [0.5, 0.6) is 5.75 Å². The third-order valence-corrected chi connectivity index (χ3v) is 6.45. The van der Waals surface area contributed by atoms with E-state index in [4.69, 9.17) is 4.74 Å². The van der Waals surface area contributed by atoms with Crippen LogP contribution in [-0.4, -0.2) is 21.9 Å². The zero-order valence-corrected chi connectivity index (χ0v) is 18.4. The molecule has 4 heteroatoms. The Morgan fingerprint density at radius 1 is 1.00 bits per heavy atom. The van der Waals surface area contributed by atoms with E-state index in [9.17, 15) is 4.79 Å². The lowest BCUT2D eigenvalue weighted by molar-refractivity contribution is 0.0983. The number of Topliss-reactive ketones (excluding diaryl/α,β-unsaturated/α-hetero) is 1. The quantitative estimate of drug-likeness (QED) is 0.360. The summed E-state index contributed by atoms with van der Waals surface area (Å²) in [6.45, 7) is 5.03. The van der Waals surface area contributed by atoms with Gasteiger partial charge < -0.3 is 9.30 Å². The van der Waals surface area contributed by atoms with E-state index in [1.54, 1.807) is 7.11 Å². The first-order valence-corrected chi connectivity index (χ1v) is 11.1. The van der Waals surface area contributed by atoms with Gasteiger partial charge in [0.05, 0.1) is 18.5 Å². The third-order valence-electron chi connectivity index (χ3n) is 6.45. The van der Waals surface area contributed by atoms with E-state index in [0.717, 1.165) is 48.4 Å². The molecule has 31 heavy (non-hydrogen) atoms. The molecule has 5 rings (SSSR count). The van der Waals surface area contributed by atoms with Crippen LogP contribution in [0.4, 0.5) is 0 Å². The van der Waals surface area contributed by atoms with Crippen molar-refractivity contribution >= 4 is 11.4 Å². The molecule has 4 nitrogen and oxygen atoms in total. The van der Waals surface area contributed by atoms with E-state index in [1.165, 1.54) is 28.0 Å². The van der Waals surface area contributed by atoms with Crippen molar-refractivity contribution in [2.24, 2.45) is 0 Å². The average molecular weight is 413 g/mol. The third kappa shape index (κ3) is 3.18. The van der Waals surface area contributed by atoms with Crippen molar-refractivity contribution in [1.82, 2.24) is 8.97 Å². The topological polar surface area (TPSA) is 35.6 Å². The van der Waals surface area contributed by atoms with Gasteiger partial charge >= 0.3 is 0 Å². The number of hydrogen-bond acceptors (Lipinski definition) is 2. The Labute approximate surface area is 183 Å². The number of imidazole rings is 1. The molecule has 4 aromatic rings. The van der Waals surface area contributed by atoms with Crippen molar-refractivity contribution in [3.05, 3.63) is 71.5 Å². The Bertz CT molecular complexity index is 1260. The number of ketones is 1. The van der Waals surface area contributed by atoms with Crippen LogP contribution in [0.15, 0.2) is 54.7 Å². The Morgan fingerprint density at radius 2 is 1.71 bits per heavy atom. The van der Waals surface area contributed by atoms with Crippen LogP contribution < -0.4 is 4.74 Å². The summed E-state index contributed by atoms with van der Waals surface area (Å²) >= 11 is 0. The van der Waals surface area contributed by atoms with Gasteiger partial charge in [-0.15, -0.1) is 0 Å². The minimum absolute atomic E-state index is 0.181. The molecule has 0 spiro atoms. The summed E-state index contributed by atoms with van der Waals surface area (Å²) in [5, 5.41) is 0. The van der Waals surface area contributed by atoms with Crippen molar-refractivity contribution in [1.29, 1.82) is 0 Å². The molecule has 0 bridgehead atoms. The summed E-state index contributed by atoms with van der Waals surface area (Å²) in [5.74, 6) is 1.01. The lowest BCUT2D eigenvalue weighted by Gasteiger charge is -2.10. The molecule has 0 atom stereocenters. The van der Waals surface area contributed by atoms with Gasteiger partial charge in [-0.1, -0.05) is 48.9 Å². The van der Waals surface area contributed by atoms with Crippen molar-refractivity contribution in [3.63, 3.8) is 0 Å². The molecular formula is C27H28N2O2. The largest absolute Gasteiger partial charge is 0.497 e. The van der Waals surface area contributed by atoms with Crippen LogP contribution in [0.25, 0.3) is 28.0 Å². The Balaban J connectivity index is 1.81. The zero-order valence-electron chi connectivity index (χ0n) is 18.4. The van der Waals surface area contributed by atoms with Crippen LogP contribution in [0.3, 0.4) is 0 Å². The number of aryl methyl sites for hydroxylation is 3. The number of methoxy groups -OCH3 is 1. The van der Waals surface area contributed by atoms with Gasteiger partial charge in [0.25, 0.3) is 0 Å². The van der Waals surface area contributed by atoms with Crippen LogP contribution in [0.1, 0.15) is 47.8 Å². The van der Waals surface area contributed by atoms with Crippen LogP contribution in [0.2, 0.25) is 0 Å². The molecule has 0 radical (unpaired) electrons. The van der Waals surface area contributed by atoms with E-state index >= 15 is 0 Å². The van der Waals surface area contributed by atoms with E-state index in [-0.39, 0.29) is 5.78 Å². The maximum Gasteiger partial charge on any atom is 0.179 e. The first-order chi connectivity index (χ1) is 15.1. The normalized spacial score (nSPS) is 13.4. The molecule has 0 saturated carbocycles. The van der Waals surface area contributed by atoms with E-state index in [0.29, 0.717) is 6.42 Å². The van der Waals surface area contributed by atoms with Gasteiger partial charge in [0.1, 0.15) is 11.4 Å². The highest BCUT2D eigenvalue weighted by Gasteiger charge is 2.28. The van der Waals surface area contributed by atoms with Gasteiger partial charge in [0, 0.05) is 30.3 Å². The van der Waals surface area contributed by atoms with Crippen molar-refractivity contribution in [3.8, 4) is 28.1 Å². The van der Waals surface area contributed by atoms with Crippen LogP contribution in [-0.2, 0) is 13.0 Å². The van der Waals surface area contributed by atoms with Gasteiger partial charge in [-0.3, -0.25) is 9.20 Å². The van der Waals surface area contributed by atoms with Crippen LogP contribution in [0, 0.1) is 6.92 Å². The summed E-state index contributed by atoms with van der Waals surface area (Å²) in [6, 6.07) is 16.8. The Kier molecular flexibility index (Phi) is 4.93. The molecule has 3 heterocycles. The molecule has 1 aliphatic heterocycles. The van der Waals surface area contributed by atoms with Gasteiger partial charge in [-0.05, 0) is 49.4 Å². The average Bonchev–Trinajstić information content (AvgIpc) is 3.22. The van der Waals surface area contributed by atoms with Gasteiger partial charge in [0.15, 0.2) is 5.78 Å². The number of rotatable bonds is 5. The summed E-state index contributed by atoms with van der Waals surface area (Å²) in [4.78, 5) is 13.2. The predicted molar refractivity (Wildman–Crippen MR) is 125 cm³/mol. The molecule has 0 fully saturated rings. The number of benzene rings is 2. The number of hydrogen-bond donors (Lipinski definition) is 0. The molecule has 158 valence electrons. The fraction of sp³-hybridized carbons (Fsp3) is 0.296. The van der Waals surface area contributed by atoms with E-state index in [2.05, 4.69) is 58.5 Å². The number of carbonyl (C=O) groups excluding carboxylic acids is 1.